The quantitative estimate of drug-likeness (QED) is 0.835. The van der Waals surface area contributed by atoms with E-state index in [1.165, 1.54) is 0 Å². The molecule has 1 spiro atoms. The molecule has 1 amide bonds. The molecule has 1 N–H and O–H groups in total. The summed E-state index contributed by atoms with van der Waals surface area (Å²) in [5, 5.41) is 22.9. The lowest BCUT2D eigenvalue weighted by molar-refractivity contribution is -0.123. The van der Waals surface area contributed by atoms with Gasteiger partial charge in [0.2, 0.25) is 0 Å². The number of amides is 1. The average Bonchev–Trinajstić information content (AvgIpc) is 2.99. The molecule has 20 heavy (non-hydrogen) atoms. The number of carbonyl (C=O) groups excluding carboxylic acids is 1. The second-order valence-electron chi connectivity index (χ2n) is 5.32. The molecule has 1 aromatic carbocycles. The minimum absolute atomic E-state index is 0.358. The fourth-order valence-corrected chi connectivity index (χ4v) is 3.34. The average molecular weight is 264 g/mol. The van der Waals surface area contributed by atoms with Crippen molar-refractivity contribution in [2.24, 2.45) is 15.9 Å². The Labute approximate surface area is 116 Å². The Bertz CT molecular complexity index is 706. The molecule has 0 radical (unpaired) electrons. The first kappa shape index (κ1) is 12.4. The monoisotopic (exact) mass is 264 g/mol. The van der Waals surface area contributed by atoms with Gasteiger partial charge in [-0.3, -0.25) is 4.79 Å². The van der Waals surface area contributed by atoms with Crippen LogP contribution in [-0.2, 0) is 4.79 Å². The van der Waals surface area contributed by atoms with E-state index in [-0.39, 0.29) is 5.91 Å². The van der Waals surface area contributed by atoms with Gasteiger partial charge in [0.1, 0.15) is 5.41 Å². The zero-order valence-electron chi connectivity index (χ0n) is 11.1. The van der Waals surface area contributed by atoms with Crippen LogP contribution in [0.15, 0.2) is 29.4 Å². The zero-order chi connectivity index (χ0) is 14.5. The normalized spacial score (nSPS) is 29.3. The van der Waals surface area contributed by atoms with Crippen LogP contribution < -0.4 is 5.43 Å². The molecule has 1 fully saturated rings. The highest BCUT2D eigenvalue weighted by Crippen LogP contribution is 2.75. The summed E-state index contributed by atoms with van der Waals surface area (Å²) in [6.45, 7) is 3.65. The fourth-order valence-electron chi connectivity index (χ4n) is 3.34. The van der Waals surface area contributed by atoms with Crippen LogP contribution in [0, 0.1) is 40.4 Å². The lowest BCUT2D eigenvalue weighted by Crippen LogP contribution is -2.29. The number of nitrogens with zero attached hydrogens (tertiary/aromatic N) is 3. The molecule has 1 aromatic rings. The summed E-state index contributed by atoms with van der Waals surface area (Å²) in [6, 6.07) is 11.7. The molecule has 0 saturated heterocycles. The van der Waals surface area contributed by atoms with Crippen molar-refractivity contribution in [1.82, 2.24) is 5.43 Å². The van der Waals surface area contributed by atoms with Crippen LogP contribution in [0.2, 0.25) is 0 Å². The van der Waals surface area contributed by atoms with E-state index in [1.807, 2.05) is 31.2 Å². The van der Waals surface area contributed by atoms with Gasteiger partial charge in [-0.2, -0.15) is 15.6 Å². The van der Waals surface area contributed by atoms with E-state index in [2.05, 4.69) is 22.7 Å². The van der Waals surface area contributed by atoms with Crippen molar-refractivity contribution in [2.75, 3.05) is 0 Å². The molecule has 2 atom stereocenters. The number of hydrogen-bond acceptors (Lipinski definition) is 4. The topological polar surface area (TPSA) is 89.0 Å². The molecule has 5 nitrogen and oxygen atoms in total. The summed E-state index contributed by atoms with van der Waals surface area (Å²) in [4.78, 5) is 12.2. The number of hydrogen-bond donors (Lipinski definition) is 1. The summed E-state index contributed by atoms with van der Waals surface area (Å²) in [6.07, 6.45) is 0. The number of benzene rings is 1. The largest absolute Gasteiger partial charge is 0.272 e. The maximum atomic E-state index is 12.2. The molecule has 2 unspecified atom stereocenters. The van der Waals surface area contributed by atoms with E-state index >= 15 is 0 Å². The maximum Gasteiger partial charge on any atom is 0.255 e. The SMILES string of the molecule is CC1=NNC(=O)C12C(c1ccc(C)cc1)C2(C#N)C#N. The van der Waals surface area contributed by atoms with Gasteiger partial charge in [0.15, 0.2) is 5.41 Å². The molecule has 2 aliphatic rings. The van der Waals surface area contributed by atoms with E-state index in [0.29, 0.717) is 5.71 Å². The van der Waals surface area contributed by atoms with Gasteiger partial charge in [0.25, 0.3) is 5.91 Å². The number of aryl methyl sites for hydroxylation is 1. The second-order valence-corrected chi connectivity index (χ2v) is 5.32. The van der Waals surface area contributed by atoms with Crippen molar-refractivity contribution < 1.29 is 4.79 Å². The third-order valence-electron chi connectivity index (χ3n) is 4.42. The lowest BCUT2D eigenvalue weighted by atomic mass is 9.90. The first-order valence-corrected chi connectivity index (χ1v) is 6.29. The van der Waals surface area contributed by atoms with Gasteiger partial charge in [-0.1, -0.05) is 29.8 Å². The Morgan fingerprint density at radius 1 is 1.20 bits per heavy atom. The van der Waals surface area contributed by atoms with Crippen LogP contribution in [0.25, 0.3) is 0 Å². The Hall–Kier alpha value is -2.66. The van der Waals surface area contributed by atoms with Crippen molar-refractivity contribution in [1.29, 1.82) is 10.5 Å². The predicted molar refractivity (Wildman–Crippen MR) is 71.3 cm³/mol. The highest BCUT2D eigenvalue weighted by atomic mass is 16.2. The summed E-state index contributed by atoms with van der Waals surface area (Å²) in [5.74, 6) is -0.819. The summed E-state index contributed by atoms with van der Waals surface area (Å²) in [7, 11) is 0. The maximum absolute atomic E-state index is 12.2. The van der Waals surface area contributed by atoms with Crippen molar-refractivity contribution in [2.45, 2.75) is 19.8 Å². The smallest absolute Gasteiger partial charge is 0.255 e. The van der Waals surface area contributed by atoms with E-state index in [4.69, 9.17) is 0 Å². The summed E-state index contributed by atoms with van der Waals surface area (Å²) in [5.41, 5.74) is 2.33. The van der Waals surface area contributed by atoms with Crippen LogP contribution >= 0.6 is 0 Å². The van der Waals surface area contributed by atoms with Crippen molar-refractivity contribution in [3.8, 4) is 12.1 Å². The third-order valence-corrected chi connectivity index (χ3v) is 4.42. The predicted octanol–water partition coefficient (Wildman–Crippen LogP) is 1.62. The zero-order valence-corrected chi connectivity index (χ0v) is 11.1. The van der Waals surface area contributed by atoms with Crippen molar-refractivity contribution in [3.63, 3.8) is 0 Å². The van der Waals surface area contributed by atoms with Gasteiger partial charge in [-0.25, -0.2) is 5.43 Å². The van der Waals surface area contributed by atoms with Gasteiger partial charge in [-0.05, 0) is 19.4 Å². The standard InChI is InChI=1S/C15H12N4O/c1-9-3-5-11(6-4-9)12-14(7-16,8-17)15(12)10(2)18-19-13(15)20/h3-6,12H,1-2H3,(H,19,20). The molecule has 3 rings (SSSR count). The lowest BCUT2D eigenvalue weighted by Gasteiger charge is -2.06. The van der Waals surface area contributed by atoms with Gasteiger partial charge < -0.3 is 0 Å². The molecule has 1 saturated carbocycles. The minimum Gasteiger partial charge on any atom is -0.272 e. The van der Waals surface area contributed by atoms with Crippen LogP contribution in [-0.4, -0.2) is 11.6 Å². The Kier molecular flexibility index (Phi) is 2.28. The van der Waals surface area contributed by atoms with Gasteiger partial charge >= 0.3 is 0 Å². The molecule has 1 aliphatic heterocycles. The molecule has 5 heteroatoms. The van der Waals surface area contributed by atoms with Gasteiger partial charge in [-0.15, -0.1) is 0 Å². The van der Waals surface area contributed by atoms with Crippen molar-refractivity contribution in [3.05, 3.63) is 35.4 Å². The fraction of sp³-hybridized carbons (Fsp3) is 0.333. The minimum atomic E-state index is -1.36. The Morgan fingerprint density at radius 3 is 2.25 bits per heavy atom. The number of nitrogens with one attached hydrogen (secondary N) is 1. The molecule has 98 valence electrons. The second kappa shape index (κ2) is 3.68. The highest BCUT2D eigenvalue weighted by Gasteiger charge is 2.86. The highest BCUT2D eigenvalue weighted by molar-refractivity contribution is 6.18. The van der Waals surface area contributed by atoms with E-state index in [9.17, 15) is 15.3 Å². The molecular formula is C15H12N4O. The van der Waals surface area contributed by atoms with Crippen LogP contribution in [0.4, 0.5) is 0 Å². The van der Waals surface area contributed by atoms with E-state index in [0.717, 1.165) is 11.1 Å². The summed E-state index contributed by atoms with van der Waals surface area (Å²) < 4.78 is 0. The Balaban J connectivity index is 2.19. The van der Waals surface area contributed by atoms with Gasteiger partial charge in [0, 0.05) is 5.92 Å². The first-order chi connectivity index (χ1) is 9.54. The molecule has 1 aliphatic carbocycles. The van der Waals surface area contributed by atoms with E-state index < -0.39 is 16.7 Å². The molecule has 1 heterocycles. The van der Waals surface area contributed by atoms with Crippen molar-refractivity contribution >= 4 is 11.6 Å². The summed E-state index contributed by atoms with van der Waals surface area (Å²) >= 11 is 0. The van der Waals surface area contributed by atoms with Gasteiger partial charge in [0.05, 0.1) is 17.9 Å². The number of nitriles is 2. The number of hydrazone groups is 1. The number of carbonyl (C=O) groups is 1. The molecule has 0 bridgehead atoms. The van der Waals surface area contributed by atoms with E-state index in [1.54, 1.807) is 6.92 Å². The first-order valence-electron chi connectivity index (χ1n) is 6.29. The van der Waals surface area contributed by atoms with Crippen LogP contribution in [0.5, 0.6) is 0 Å². The van der Waals surface area contributed by atoms with Crippen LogP contribution in [0.1, 0.15) is 24.0 Å². The number of rotatable bonds is 1. The third kappa shape index (κ3) is 1.11. The Morgan fingerprint density at radius 2 is 1.80 bits per heavy atom. The molecular weight excluding hydrogens is 252 g/mol. The molecule has 0 aromatic heterocycles. The van der Waals surface area contributed by atoms with Crippen LogP contribution in [0.3, 0.4) is 0 Å².